The second-order valence-corrected chi connectivity index (χ2v) is 7.42. The number of nitrogens with two attached hydrogens (primary N) is 1. The van der Waals surface area contributed by atoms with E-state index in [0.717, 1.165) is 18.5 Å². The van der Waals surface area contributed by atoms with Crippen molar-refractivity contribution in [2.75, 3.05) is 6.54 Å². The summed E-state index contributed by atoms with van der Waals surface area (Å²) < 4.78 is 22.7. The van der Waals surface area contributed by atoms with E-state index in [4.69, 9.17) is 5.14 Å². The van der Waals surface area contributed by atoms with E-state index in [1.165, 1.54) is 25.3 Å². The first kappa shape index (κ1) is 16.4. The molecule has 2 rings (SSSR count). The maximum absolute atomic E-state index is 11.3. The molecular weight excluding hydrogens is 286 g/mol. The Bertz CT molecular complexity index is 554. The van der Waals surface area contributed by atoms with Gasteiger partial charge in [0.2, 0.25) is 10.0 Å². The highest BCUT2D eigenvalue weighted by atomic mass is 32.2. The molecule has 1 aromatic rings. The van der Waals surface area contributed by atoms with E-state index >= 15 is 0 Å². The van der Waals surface area contributed by atoms with Crippen LogP contribution in [0, 0.1) is 0 Å². The van der Waals surface area contributed by atoms with Crippen LogP contribution in [0.1, 0.15) is 38.2 Å². The Morgan fingerprint density at radius 2 is 2.24 bits per heavy atom. The topological polar surface area (TPSA) is 84.2 Å². The monoisotopic (exact) mass is 311 g/mol. The van der Waals surface area contributed by atoms with Gasteiger partial charge in [0.25, 0.3) is 0 Å². The van der Waals surface area contributed by atoms with E-state index in [-0.39, 0.29) is 4.90 Å². The van der Waals surface area contributed by atoms with Gasteiger partial charge in [0, 0.05) is 18.6 Å². The van der Waals surface area contributed by atoms with Crippen molar-refractivity contribution in [1.29, 1.82) is 0 Å². The van der Waals surface area contributed by atoms with Gasteiger partial charge in [-0.2, -0.15) is 0 Å². The first-order chi connectivity index (χ1) is 9.95. The first-order valence-electron chi connectivity index (χ1n) is 7.53. The van der Waals surface area contributed by atoms with Gasteiger partial charge in [0.1, 0.15) is 0 Å². The van der Waals surface area contributed by atoms with Crippen LogP contribution >= 0.6 is 0 Å². The van der Waals surface area contributed by atoms with Crippen molar-refractivity contribution in [1.82, 2.24) is 10.6 Å². The minimum absolute atomic E-state index is 0.170. The summed E-state index contributed by atoms with van der Waals surface area (Å²) in [5, 5.41) is 12.1. The lowest BCUT2D eigenvalue weighted by Crippen LogP contribution is -2.39. The van der Waals surface area contributed by atoms with Gasteiger partial charge in [0.15, 0.2) is 0 Å². The predicted octanol–water partition coefficient (Wildman–Crippen LogP) is 1.34. The molecule has 2 atom stereocenters. The molecule has 1 heterocycles. The summed E-state index contributed by atoms with van der Waals surface area (Å²) in [4.78, 5) is 0.170. The van der Waals surface area contributed by atoms with Crippen molar-refractivity contribution in [2.24, 2.45) is 5.14 Å². The molecule has 1 aliphatic heterocycles. The van der Waals surface area contributed by atoms with Crippen LogP contribution in [0.4, 0.5) is 0 Å². The van der Waals surface area contributed by atoms with E-state index < -0.39 is 10.0 Å². The third-order valence-corrected chi connectivity index (χ3v) is 4.84. The van der Waals surface area contributed by atoms with E-state index in [9.17, 15) is 8.42 Å². The number of hydrogen-bond acceptors (Lipinski definition) is 4. The number of primary sulfonamides is 1. The van der Waals surface area contributed by atoms with Gasteiger partial charge >= 0.3 is 0 Å². The Balaban J connectivity index is 1.84. The number of sulfonamides is 1. The van der Waals surface area contributed by atoms with E-state index in [1.54, 1.807) is 12.1 Å². The minimum Gasteiger partial charge on any atom is -0.314 e. The molecule has 2 unspecified atom stereocenters. The molecule has 1 aliphatic rings. The molecule has 6 heteroatoms. The molecular formula is C15H25N3O2S. The first-order valence-corrected chi connectivity index (χ1v) is 9.08. The van der Waals surface area contributed by atoms with Crippen LogP contribution in [-0.4, -0.2) is 27.0 Å². The van der Waals surface area contributed by atoms with Gasteiger partial charge in [0.05, 0.1) is 4.90 Å². The van der Waals surface area contributed by atoms with Gasteiger partial charge < -0.3 is 10.6 Å². The SMILES string of the molecule is CC(CC1CCCCN1)NCc1cccc(S(N)(=O)=O)c1. The Hall–Kier alpha value is -0.950. The largest absolute Gasteiger partial charge is 0.314 e. The number of piperidine rings is 1. The van der Waals surface area contributed by atoms with Crippen LogP contribution in [0.15, 0.2) is 29.2 Å². The van der Waals surface area contributed by atoms with Crippen LogP contribution in [-0.2, 0) is 16.6 Å². The fourth-order valence-electron chi connectivity index (χ4n) is 2.76. The number of nitrogens with one attached hydrogen (secondary N) is 2. The number of hydrogen-bond donors (Lipinski definition) is 3. The van der Waals surface area contributed by atoms with Crippen LogP contribution < -0.4 is 15.8 Å². The fourth-order valence-corrected chi connectivity index (χ4v) is 3.34. The van der Waals surface area contributed by atoms with Crippen molar-refractivity contribution < 1.29 is 8.42 Å². The summed E-state index contributed by atoms with van der Waals surface area (Å²) in [6.45, 7) is 3.94. The van der Waals surface area contributed by atoms with Crippen LogP contribution in [0.2, 0.25) is 0 Å². The summed E-state index contributed by atoms with van der Waals surface area (Å²) in [7, 11) is -3.62. The maximum Gasteiger partial charge on any atom is 0.238 e. The van der Waals surface area contributed by atoms with Crippen molar-refractivity contribution in [3.8, 4) is 0 Å². The summed E-state index contributed by atoms with van der Waals surface area (Å²) in [6, 6.07) is 7.77. The quantitative estimate of drug-likeness (QED) is 0.740. The molecule has 1 saturated heterocycles. The standard InChI is InChI=1S/C15H25N3O2S/c1-12(9-14-6-2-3-8-17-14)18-11-13-5-4-7-15(10-13)21(16,19)20/h4-5,7,10,12,14,17-18H,2-3,6,8-9,11H2,1H3,(H2,16,19,20). The van der Waals surface area contributed by atoms with Crippen LogP contribution in [0.5, 0.6) is 0 Å². The average Bonchev–Trinajstić information content (AvgIpc) is 2.46. The average molecular weight is 311 g/mol. The normalized spacial score (nSPS) is 21.1. The molecule has 0 saturated carbocycles. The molecule has 0 aromatic heterocycles. The summed E-state index contributed by atoms with van der Waals surface area (Å²) in [5.74, 6) is 0. The van der Waals surface area contributed by atoms with E-state index in [0.29, 0.717) is 18.6 Å². The lowest BCUT2D eigenvalue weighted by molar-refractivity contribution is 0.344. The van der Waals surface area contributed by atoms with Gasteiger partial charge in [-0.1, -0.05) is 18.6 Å². The lowest BCUT2D eigenvalue weighted by atomic mass is 9.99. The Morgan fingerprint density at radius 3 is 2.90 bits per heavy atom. The Kier molecular flexibility index (Phi) is 5.75. The molecule has 5 nitrogen and oxygen atoms in total. The van der Waals surface area contributed by atoms with Crippen LogP contribution in [0.25, 0.3) is 0 Å². The zero-order valence-electron chi connectivity index (χ0n) is 12.5. The summed E-state index contributed by atoms with van der Waals surface area (Å²) in [6.07, 6.45) is 4.92. The summed E-state index contributed by atoms with van der Waals surface area (Å²) in [5.41, 5.74) is 0.935. The molecule has 0 radical (unpaired) electrons. The smallest absolute Gasteiger partial charge is 0.238 e. The van der Waals surface area contributed by atoms with Crippen LogP contribution in [0.3, 0.4) is 0 Å². The Labute approximate surface area is 127 Å². The van der Waals surface area contributed by atoms with Crippen molar-refractivity contribution in [3.63, 3.8) is 0 Å². The van der Waals surface area contributed by atoms with Crippen molar-refractivity contribution >= 4 is 10.0 Å². The molecule has 1 fully saturated rings. The number of rotatable bonds is 6. The molecule has 0 spiro atoms. The maximum atomic E-state index is 11.3. The number of benzene rings is 1. The predicted molar refractivity (Wildman–Crippen MR) is 84.4 cm³/mol. The zero-order chi connectivity index (χ0) is 15.3. The molecule has 1 aromatic carbocycles. The molecule has 0 aliphatic carbocycles. The molecule has 0 bridgehead atoms. The highest BCUT2D eigenvalue weighted by molar-refractivity contribution is 7.89. The molecule has 118 valence electrons. The molecule has 21 heavy (non-hydrogen) atoms. The molecule has 4 N–H and O–H groups in total. The minimum atomic E-state index is -3.62. The Morgan fingerprint density at radius 1 is 1.43 bits per heavy atom. The van der Waals surface area contributed by atoms with E-state index in [2.05, 4.69) is 17.6 Å². The highest BCUT2D eigenvalue weighted by Crippen LogP contribution is 2.13. The zero-order valence-corrected chi connectivity index (χ0v) is 13.3. The molecule has 0 amide bonds. The summed E-state index contributed by atoms with van der Waals surface area (Å²) >= 11 is 0. The fraction of sp³-hybridized carbons (Fsp3) is 0.600. The third kappa shape index (κ3) is 5.39. The van der Waals surface area contributed by atoms with E-state index in [1.807, 2.05) is 6.07 Å². The second kappa shape index (κ2) is 7.35. The van der Waals surface area contributed by atoms with Crippen molar-refractivity contribution in [3.05, 3.63) is 29.8 Å². The van der Waals surface area contributed by atoms with Gasteiger partial charge in [-0.25, -0.2) is 13.6 Å². The van der Waals surface area contributed by atoms with Gasteiger partial charge in [-0.3, -0.25) is 0 Å². The third-order valence-electron chi connectivity index (χ3n) is 3.93. The van der Waals surface area contributed by atoms with Crippen molar-refractivity contribution in [2.45, 2.75) is 56.1 Å². The van der Waals surface area contributed by atoms with Gasteiger partial charge in [-0.15, -0.1) is 0 Å². The lowest BCUT2D eigenvalue weighted by Gasteiger charge is -2.26. The highest BCUT2D eigenvalue weighted by Gasteiger charge is 2.15. The van der Waals surface area contributed by atoms with Gasteiger partial charge in [-0.05, 0) is 50.4 Å². The second-order valence-electron chi connectivity index (χ2n) is 5.86.